The zero-order chi connectivity index (χ0) is 21.8. The van der Waals surface area contributed by atoms with E-state index in [-0.39, 0.29) is 18.2 Å². The van der Waals surface area contributed by atoms with E-state index < -0.39 is 5.76 Å². The highest BCUT2D eigenvalue weighted by Crippen LogP contribution is 2.22. The van der Waals surface area contributed by atoms with E-state index in [0.29, 0.717) is 28.4 Å². The van der Waals surface area contributed by atoms with E-state index in [2.05, 4.69) is 30.2 Å². The van der Waals surface area contributed by atoms with Gasteiger partial charge in [-0.2, -0.15) is 5.10 Å². The topological polar surface area (TPSA) is 131 Å². The number of ether oxygens (including phenoxy) is 1. The molecule has 0 saturated heterocycles. The van der Waals surface area contributed by atoms with Gasteiger partial charge >= 0.3 is 5.76 Å². The fraction of sp³-hybridized carbons (Fsp3) is 0.150. The Hall–Kier alpha value is -3.99. The lowest BCUT2D eigenvalue weighted by atomic mass is 10.2. The highest BCUT2D eigenvalue weighted by molar-refractivity contribution is 7.71. The van der Waals surface area contributed by atoms with Crippen molar-refractivity contribution in [1.29, 1.82) is 0 Å². The van der Waals surface area contributed by atoms with Crippen molar-refractivity contribution in [1.82, 2.24) is 24.9 Å². The normalized spacial score (nSPS) is 10.7. The van der Waals surface area contributed by atoms with Crippen molar-refractivity contribution in [2.75, 3.05) is 12.4 Å². The van der Waals surface area contributed by atoms with Crippen LogP contribution in [0, 0.1) is 4.77 Å². The average molecular weight is 438 g/mol. The van der Waals surface area contributed by atoms with Gasteiger partial charge in [-0.15, -0.1) is 0 Å². The first-order chi connectivity index (χ1) is 15.0. The van der Waals surface area contributed by atoms with Gasteiger partial charge in [0.05, 0.1) is 7.11 Å². The molecule has 31 heavy (non-hydrogen) atoms. The lowest BCUT2D eigenvalue weighted by Crippen LogP contribution is -2.15. The standard InChI is InChI=1S/C20H18N6O4S/c1-29-15-7-5-12(6-8-15)18-23-24-19(31)26(18)10-9-16(27)21-14-4-2-3-13(11-14)17-22-20(28)30-25-17/h2-8,11H,9-10H2,1H3,(H,21,27)(H,24,31)(H,22,25,28). The lowest BCUT2D eigenvalue weighted by Gasteiger charge is -2.09. The van der Waals surface area contributed by atoms with E-state index >= 15 is 0 Å². The molecule has 0 fully saturated rings. The predicted molar refractivity (Wildman–Crippen MR) is 115 cm³/mol. The van der Waals surface area contributed by atoms with Crippen LogP contribution in [0.5, 0.6) is 5.75 Å². The fourth-order valence-electron chi connectivity index (χ4n) is 3.02. The van der Waals surface area contributed by atoms with Crippen LogP contribution in [0.15, 0.2) is 57.8 Å². The van der Waals surface area contributed by atoms with Gasteiger partial charge in [-0.3, -0.25) is 24.0 Å². The van der Waals surface area contributed by atoms with Crippen LogP contribution in [-0.2, 0) is 11.3 Å². The molecule has 0 radical (unpaired) electrons. The number of hydrogen-bond donors (Lipinski definition) is 3. The maximum atomic E-state index is 12.5. The smallest absolute Gasteiger partial charge is 0.439 e. The minimum Gasteiger partial charge on any atom is -0.497 e. The van der Waals surface area contributed by atoms with E-state index in [1.54, 1.807) is 35.9 Å². The number of methoxy groups -OCH3 is 1. The number of carbonyl (C=O) groups is 1. The third-order valence-electron chi connectivity index (χ3n) is 4.53. The summed E-state index contributed by atoms with van der Waals surface area (Å²) in [5.41, 5.74) is 2.03. The van der Waals surface area contributed by atoms with Gasteiger partial charge in [0.15, 0.2) is 16.4 Å². The summed E-state index contributed by atoms with van der Waals surface area (Å²) >= 11 is 5.32. The molecule has 0 bridgehead atoms. The highest BCUT2D eigenvalue weighted by Gasteiger charge is 2.12. The molecular weight excluding hydrogens is 420 g/mol. The van der Waals surface area contributed by atoms with E-state index in [9.17, 15) is 9.59 Å². The molecule has 158 valence electrons. The number of anilines is 1. The van der Waals surface area contributed by atoms with Crippen molar-refractivity contribution in [3.8, 4) is 28.5 Å². The van der Waals surface area contributed by atoms with E-state index in [4.69, 9.17) is 17.0 Å². The van der Waals surface area contributed by atoms with Crippen molar-refractivity contribution in [2.24, 2.45) is 0 Å². The predicted octanol–water partition coefficient (Wildman–Crippen LogP) is 2.99. The minimum absolute atomic E-state index is 0.183. The Kier molecular flexibility index (Phi) is 5.76. The summed E-state index contributed by atoms with van der Waals surface area (Å²) < 4.78 is 11.9. The largest absolute Gasteiger partial charge is 0.497 e. The number of H-pyrrole nitrogens is 2. The van der Waals surface area contributed by atoms with Crippen LogP contribution < -0.4 is 15.8 Å². The molecule has 0 aliphatic rings. The summed E-state index contributed by atoms with van der Waals surface area (Å²) in [7, 11) is 1.60. The second kappa shape index (κ2) is 8.79. The third kappa shape index (κ3) is 4.61. The number of aromatic nitrogens is 5. The molecule has 0 unspecified atom stereocenters. The first kappa shape index (κ1) is 20.3. The van der Waals surface area contributed by atoms with Gasteiger partial charge < -0.3 is 10.1 Å². The Bertz CT molecular complexity index is 1320. The van der Waals surface area contributed by atoms with Crippen LogP contribution in [0.2, 0.25) is 0 Å². The quantitative estimate of drug-likeness (QED) is 0.378. The third-order valence-corrected chi connectivity index (χ3v) is 4.84. The number of hydrogen-bond acceptors (Lipinski definition) is 7. The molecule has 0 atom stereocenters. The minimum atomic E-state index is -0.644. The van der Waals surface area contributed by atoms with Gasteiger partial charge in [0.25, 0.3) is 0 Å². The Balaban J connectivity index is 1.44. The number of aromatic amines is 2. The molecule has 0 aliphatic carbocycles. The molecule has 2 aromatic heterocycles. The number of nitrogens with zero attached hydrogens (tertiary/aromatic N) is 3. The van der Waals surface area contributed by atoms with Crippen molar-refractivity contribution in [3.63, 3.8) is 0 Å². The van der Waals surface area contributed by atoms with Crippen molar-refractivity contribution in [3.05, 3.63) is 63.9 Å². The van der Waals surface area contributed by atoms with Gasteiger partial charge in [-0.05, 0) is 48.6 Å². The Morgan fingerprint density at radius 1 is 1.23 bits per heavy atom. The number of nitrogens with one attached hydrogen (secondary N) is 3. The lowest BCUT2D eigenvalue weighted by molar-refractivity contribution is -0.116. The zero-order valence-electron chi connectivity index (χ0n) is 16.4. The molecule has 0 aliphatic heterocycles. The maximum Gasteiger partial charge on any atom is 0.439 e. The average Bonchev–Trinajstić information content (AvgIpc) is 3.38. The Morgan fingerprint density at radius 3 is 2.74 bits per heavy atom. The van der Waals surface area contributed by atoms with Gasteiger partial charge in [0, 0.05) is 29.8 Å². The van der Waals surface area contributed by atoms with Crippen LogP contribution in [0.1, 0.15) is 6.42 Å². The van der Waals surface area contributed by atoms with E-state index in [1.807, 2.05) is 24.3 Å². The summed E-state index contributed by atoms with van der Waals surface area (Å²) in [6, 6.07) is 14.3. The second-order valence-corrected chi connectivity index (χ2v) is 6.94. The Labute approximate surface area is 180 Å². The number of benzene rings is 2. The molecule has 1 amide bonds. The molecule has 10 nitrogen and oxygen atoms in total. The summed E-state index contributed by atoms with van der Waals surface area (Å²) in [5, 5.41) is 13.5. The molecule has 0 saturated carbocycles. The molecule has 0 spiro atoms. The van der Waals surface area contributed by atoms with Crippen LogP contribution in [-0.4, -0.2) is 37.9 Å². The number of rotatable bonds is 7. The van der Waals surface area contributed by atoms with Gasteiger partial charge in [0.2, 0.25) is 5.91 Å². The van der Waals surface area contributed by atoms with Crippen molar-refractivity contribution in [2.45, 2.75) is 13.0 Å². The summed E-state index contributed by atoms with van der Waals surface area (Å²) in [6.45, 7) is 0.346. The summed E-state index contributed by atoms with van der Waals surface area (Å²) in [5.74, 6) is 0.816. The monoisotopic (exact) mass is 438 g/mol. The van der Waals surface area contributed by atoms with Crippen molar-refractivity contribution < 1.29 is 14.1 Å². The molecule has 2 aromatic carbocycles. The molecular formula is C20H18N6O4S. The summed E-state index contributed by atoms with van der Waals surface area (Å²) in [6.07, 6.45) is 0.183. The summed E-state index contributed by atoms with van der Waals surface area (Å²) in [4.78, 5) is 26.1. The maximum absolute atomic E-state index is 12.5. The number of amides is 1. The van der Waals surface area contributed by atoms with Crippen LogP contribution >= 0.6 is 12.2 Å². The second-order valence-electron chi connectivity index (χ2n) is 6.56. The van der Waals surface area contributed by atoms with E-state index in [0.717, 1.165) is 11.3 Å². The SMILES string of the molecule is COc1ccc(-c2n[nH]c(=S)n2CCC(=O)Nc2cccc(-c3noc(=O)[nH]3)c2)cc1. The van der Waals surface area contributed by atoms with Crippen LogP contribution in [0.3, 0.4) is 0 Å². The van der Waals surface area contributed by atoms with Crippen molar-refractivity contribution >= 4 is 23.8 Å². The van der Waals surface area contributed by atoms with E-state index in [1.165, 1.54) is 0 Å². The highest BCUT2D eigenvalue weighted by atomic mass is 32.1. The molecule has 4 rings (SSSR count). The van der Waals surface area contributed by atoms with Crippen LogP contribution in [0.4, 0.5) is 5.69 Å². The first-order valence-corrected chi connectivity index (χ1v) is 9.70. The van der Waals surface area contributed by atoms with Gasteiger partial charge in [-0.25, -0.2) is 4.79 Å². The fourth-order valence-corrected chi connectivity index (χ4v) is 3.24. The molecule has 11 heteroatoms. The molecule has 4 aromatic rings. The Morgan fingerprint density at radius 2 is 2.03 bits per heavy atom. The van der Waals surface area contributed by atoms with Crippen LogP contribution in [0.25, 0.3) is 22.8 Å². The van der Waals surface area contributed by atoms with Gasteiger partial charge in [0.1, 0.15) is 5.75 Å². The first-order valence-electron chi connectivity index (χ1n) is 9.29. The molecule has 3 N–H and O–H groups in total. The van der Waals surface area contributed by atoms with Gasteiger partial charge in [-0.1, -0.05) is 17.3 Å². The molecule has 2 heterocycles. The number of carbonyl (C=O) groups excluding carboxylic acids is 1. The zero-order valence-corrected chi connectivity index (χ0v) is 17.2.